The third-order valence-corrected chi connectivity index (χ3v) is 3.86. The Morgan fingerprint density at radius 2 is 2.10 bits per heavy atom. The normalized spacial score (nSPS) is 16.6. The number of aliphatic carboxylic acids is 1. The molecule has 0 radical (unpaired) electrons. The molecule has 0 amide bonds. The summed E-state index contributed by atoms with van der Waals surface area (Å²) in [6.45, 7) is 0.561. The molecule has 1 heterocycles. The minimum Gasteiger partial charge on any atom is -0.497 e. The molecule has 4 nitrogen and oxygen atoms in total. The summed E-state index contributed by atoms with van der Waals surface area (Å²) in [6, 6.07) is 15.1. The molecule has 0 bridgehead atoms. The number of carboxylic acids is 1. The Balaban J connectivity index is 1.92. The fourth-order valence-electron chi connectivity index (χ4n) is 2.83. The quantitative estimate of drug-likeness (QED) is 0.937. The molecule has 0 fully saturated rings. The van der Waals surface area contributed by atoms with Crippen LogP contribution in [0.2, 0.25) is 0 Å². The molecule has 0 aromatic heterocycles. The van der Waals surface area contributed by atoms with E-state index >= 15 is 0 Å². The average molecular weight is 283 g/mol. The van der Waals surface area contributed by atoms with Gasteiger partial charge in [-0.15, -0.1) is 0 Å². The molecule has 1 aliphatic rings. The molecule has 1 atom stereocenters. The van der Waals surface area contributed by atoms with Gasteiger partial charge in [0.05, 0.1) is 7.11 Å². The summed E-state index contributed by atoms with van der Waals surface area (Å²) in [5, 5.41) is 9.47. The lowest BCUT2D eigenvalue weighted by atomic mass is 10.1. The van der Waals surface area contributed by atoms with E-state index in [0.717, 1.165) is 22.6 Å². The van der Waals surface area contributed by atoms with Crippen LogP contribution in [0.15, 0.2) is 48.5 Å². The summed E-state index contributed by atoms with van der Waals surface area (Å²) in [4.78, 5) is 13.5. The zero-order chi connectivity index (χ0) is 14.8. The van der Waals surface area contributed by atoms with Gasteiger partial charge in [0.2, 0.25) is 0 Å². The number of nitrogens with zero attached hydrogens (tertiary/aromatic N) is 1. The Bertz CT molecular complexity index is 669. The van der Waals surface area contributed by atoms with Gasteiger partial charge < -0.3 is 14.7 Å². The van der Waals surface area contributed by atoms with Crippen LogP contribution in [0.1, 0.15) is 11.1 Å². The van der Waals surface area contributed by atoms with E-state index in [-0.39, 0.29) is 0 Å². The molecule has 0 saturated carbocycles. The lowest BCUT2D eigenvalue weighted by molar-refractivity contribution is -0.138. The number of hydrogen-bond donors (Lipinski definition) is 1. The van der Waals surface area contributed by atoms with Gasteiger partial charge in [-0.1, -0.05) is 30.3 Å². The predicted octanol–water partition coefficient (Wildman–Crippen LogP) is 2.71. The molecule has 1 unspecified atom stereocenters. The largest absolute Gasteiger partial charge is 0.497 e. The van der Waals surface area contributed by atoms with Crippen molar-refractivity contribution in [2.45, 2.75) is 19.0 Å². The maximum atomic E-state index is 11.5. The van der Waals surface area contributed by atoms with Gasteiger partial charge in [0.15, 0.2) is 0 Å². The number of methoxy groups -OCH3 is 1. The first-order valence-corrected chi connectivity index (χ1v) is 6.89. The van der Waals surface area contributed by atoms with Crippen molar-refractivity contribution in [1.82, 2.24) is 0 Å². The van der Waals surface area contributed by atoms with E-state index in [4.69, 9.17) is 4.74 Å². The van der Waals surface area contributed by atoms with Crippen molar-refractivity contribution < 1.29 is 14.6 Å². The molecular formula is C17H17NO3. The summed E-state index contributed by atoms with van der Waals surface area (Å²) >= 11 is 0. The Labute approximate surface area is 123 Å². The number of carboxylic acid groups (broad SMARTS) is 1. The van der Waals surface area contributed by atoms with Crippen LogP contribution < -0.4 is 9.64 Å². The monoisotopic (exact) mass is 283 g/mol. The Morgan fingerprint density at radius 3 is 2.86 bits per heavy atom. The molecule has 0 aliphatic carbocycles. The van der Waals surface area contributed by atoms with E-state index in [1.165, 1.54) is 0 Å². The topological polar surface area (TPSA) is 49.8 Å². The van der Waals surface area contributed by atoms with Crippen molar-refractivity contribution in [2.75, 3.05) is 12.0 Å². The van der Waals surface area contributed by atoms with Gasteiger partial charge in [-0.3, -0.25) is 0 Å². The van der Waals surface area contributed by atoms with Crippen LogP contribution >= 0.6 is 0 Å². The van der Waals surface area contributed by atoms with E-state index in [1.54, 1.807) is 7.11 Å². The third-order valence-electron chi connectivity index (χ3n) is 3.86. The summed E-state index contributed by atoms with van der Waals surface area (Å²) in [5.74, 6) is 0.000883. The number of ether oxygens (including phenoxy) is 1. The maximum Gasteiger partial charge on any atom is 0.326 e. The van der Waals surface area contributed by atoms with E-state index in [9.17, 15) is 9.90 Å². The number of para-hydroxylation sites is 1. The lowest BCUT2D eigenvalue weighted by Crippen LogP contribution is -2.38. The first-order chi connectivity index (χ1) is 10.2. The maximum absolute atomic E-state index is 11.5. The van der Waals surface area contributed by atoms with E-state index in [0.29, 0.717) is 13.0 Å². The van der Waals surface area contributed by atoms with Crippen LogP contribution in [0.25, 0.3) is 0 Å². The number of hydrogen-bond acceptors (Lipinski definition) is 3. The summed E-state index contributed by atoms with van der Waals surface area (Å²) in [7, 11) is 1.63. The SMILES string of the molecule is COc1cccc(CN2c3ccccc3CC2C(=O)O)c1. The number of benzene rings is 2. The Morgan fingerprint density at radius 1 is 1.29 bits per heavy atom. The number of carbonyl (C=O) groups is 1. The standard InChI is InChI=1S/C17H17NO3/c1-21-14-7-4-5-12(9-14)11-18-15-8-3-2-6-13(15)10-16(18)17(19)20/h2-9,16H,10-11H2,1H3,(H,19,20). The van der Waals surface area contributed by atoms with Gasteiger partial charge in [-0.05, 0) is 29.3 Å². The zero-order valence-corrected chi connectivity index (χ0v) is 11.8. The van der Waals surface area contributed by atoms with Crippen molar-refractivity contribution in [3.8, 4) is 5.75 Å². The molecule has 0 saturated heterocycles. The molecule has 0 spiro atoms. The van der Waals surface area contributed by atoms with Gasteiger partial charge in [0.1, 0.15) is 11.8 Å². The van der Waals surface area contributed by atoms with Crippen LogP contribution in [0.3, 0.4) is 0 Å². The first-order valence-electron chi connectivity index (χ1n) is 6.89. The van der Waals surface area contributed by atoms with Gasteiger partial charge in [0, 0.05) is 18.7 Å². The lowest BCUT2D eigenvalue weighted by Gasteiger charge is -2.25. The van der Waals surface area contributed by atoms with Crippen molar-refractivity contribution >= 4 is 11.7 Å². The fraction of sp³-hybridized carbons (Fsp3) is 0.235. The van der Waals surface area contributed by atoms with E-state index < -0.39 is 12.0 Å². The molecular weight excluding hydrogens is 266 g/mol. The molecule has 1 N–H and O–H groups in total. The van der Waals surface area contributed by atoms with Crippen LogP contribution in [0.4, 0.5) is 5.69 Å². The highest BCUT2D eigenvalue weighted by Gasteiger charge is 2.33. The van der Waals surface area contributed by atoms with Gasteiger partial charge in [-0.25, -0.2) is 4.79 Å². The van der Waals surface area contributed by atoms with Crippen molar-refractivity contribution in [3.05, 3.63) is 59.7 Å². The molecule has 21 heavy (non-hydrogen) atoms. The third kappa shape index (κ3) is 2.57. The Hall–Kier alpha value is -2.49. The molecule has 3 rings (SSSR count). The second kappa shape index (κ2) is 5.48. The zero-order valence-electron chi connectivity index (χ0n) is 11.8. The minimum atomic E-state index is -0.783. The highest BCUT2D eigenvalue weighted by Crippen LogP contribution is 2.33. The van der Waals surface area contributed by atoms with Crippen molar-refractivity contribution in [2.24, 2.45) is 0 Å². The molecule has 2 aromatic rings. The molecule has 1 aliphatic heterocycles. The van der Waals surface area contributed by atoms with Gasteiger partial charge in [0.25, 0.3) is 0 Å². The second-order valence-corrected chi connectivity index (χ2v) is 5.17. The van der Waals surface area contributed by atoms with Crippen molar-refractivity contribution in [1.29, 1.82) is 0 Å². The van der Waals surface area contributed by atoms with Crippen LogP contribution in [-0.2, 0) is 17.8 Å². The Kier molecular flexibility index (Phi) is 3.52. The average Bonchev–Trinajstić information content (AvgIpc) is 2.87. The van der Waals surface area contributed by atoms with Gasteiger partial charge >= 0.3 is 5.97 Å². The summed E-state index contributed by atoms with van der Waals surface area (Å²) in [5.41, 5.74) is 3.14. The number of rotatable bonds is 4. The molecule has 4 heteroatoms. The smallest absolute Gasteiger partial charge is 0.326 e. The summed E-state index contributed by atoms with van der Waals surface area (Å²) < 4.78 is 5.23. The van der Waals surface area contributed by atoms with Crippen LogP contribution in [0, 0.1) is 0 Å². The first kappa shape index (κ1) is 13.5. The van der Waals surface area contributed by atoms with Gasteiger partial charge in [-0.2, -0.15) is 0 Å². The highest BCUT2D eigenvalue weighted by atomic mass is 16.5. The second-order valence-electron chi connectivity index (χ2n) is 5.17. The predicted molar refractivity (Wildman–Crippen MR) is 80.7 cm³/mol. The molecule has 2 aromatic carbocycles. The minimum absolute atomic E-state index is 0.506. The summed E-state index contributed by atoms with van der Waals surface area (Å²) in [6.07, 6.45) is 0.551. The molecule has 108 valence electrons. The van der Waals surface area contributed by atoms with Crippen molar-refractivity contribution in [3.63, 3.8) is 0 Å². The van der Waals surface area contributed by atoms with Crippen LogP contribution in [0.5, 0.6) is 5.75 Å². The van der Waals surface area contributed by atoms with E-state index in [1.807, 2.05) is 53.4 Å². The van der Waals surface area contributed by atoms with E-state index in [2.05, 4.69) is 0 Å². The highest BCUT2D eigenvalue weighted by molar-refractivity contribution is 5.82. The fourth-order valence-corrected chi connectivity index (χ4v) is 2.83. The number of fused-ring (bicyclic) bond motifs is 1. The van der Waals surface area contributed by atoms with Crippen LogP contribution in [-0.4, -0.2) is 24.2 Å². The number of anilines is 1.